The van der Waals surface area contributed by atoms with Crippen molar-refractivity contribution in [3.8, 4) is 0 Å². The standard InChI is InChI=1S/C12H21N5O2/c1-9-10(12(18)19)11(13)17(14-9)8-7-16-5-3-15(2)4-6-16/h3-8,13H2,1-2H3,(H,18,19). The molecule has 0 unspecified atom stereocenters. The summed E-state index contributed by atoms with van der Waals surface area (Å²) in [7, 11) is 2.12. The molecule has 0 spiro atoms. The minimum absolute atomic E-state index is 0.123. The lowest BCUT2D eigenvalue weighted by atomic mass is 10.2. The van der Waals surface area contributed by atoms with Crippen molar-refractivity contribution in [2.24, 2.45) is 0 Å². The highest BCUT2D eigenvalue weighted by Crippen LogP contribution is 2.16. The maximum atomic E-state index is 11.0. The second-order valence-electron chi connectivity index (χ2n) is 5.02. The lowest BCUT2D eigenvalue weighted by Crippen LogP contribution is -2.45. The van der Waals surface area contributed by atoms with Crippen LogP contribution in [0, 0.1) is 6.92 Å². The third kappa shape index (κ3) is 3.05. The van der Waals surface area contributed by atoms with Crippen LogP contribution in [0.15, 0.2) is 0 Å². The number of likely N-dealkylation sites (N-methyl/N-ethyl adjacent to an activating group) is 1. The van der Waals surface area contributed by atoms with E-state index in [2.05, 4.69) is 21.9 Å². The van der Waals surface area contributed by atoms with Gasteiger partial charge < -0.3 is 15.7 Å². The number of piperazine rings is 1. The molecule has 19 heavy (non-hydrogen) atoms. The van der Waals surface area contributed by atoms with Gasteiger partial charge in [0.05, 0.1) is 12.2 Å². The monoisotopic (exact) mass is 267 g/mol. The van der Waals surface area contributed by atoms with Crippen molar-refractivity contribution in [1.82, 2.24) is 19.6 Å². The van der Waals surface area contributed by atoms with E-state index in [0.717, 1.165) is 32.7 Å². The lowest BCUT2D eigenvalue weighted by Gasteiger charge is -2.32. The van der Waals surface area contributed by atoms with E-state index in [9.17, 15) is 4.79 Å². The summed E-state index contributed by atoms with van der Waals surface area (Å²) in [4.78, 5) is 15.7. The molecule has 2 rings (SSSR count). The highest BCUT2D eigenvalue weighted by molar-refractivity contribution is 5.93. The van der Waals surface area contributed by atoms with E-state index >= 15 is 0 Å². The van der Waals surface area contributed by atoms with Crippen molar-refractivity contribution < 1.29 is 9.90 Å². The summed E-state index contributed by atoms with van der Waals surface area (Å²) in [5.41, 5.74) is 6.43. The minimum atomic E-state index is -1.01. The van der Waals surface area contributed by atoms with Gasteiger partial charge in [-0.2, -0.15) is 5.10 Å². The molecule has 1 fully saturated rings. The number of anilines is 1. The molecule has 7 nitrogen and oxygen atoms in total. The van der Waals surface area contributed by atoms with Crippen molar-refractivity contribution in [2.75, 3.05) is 45.5 Å². The molecule has 2 heterocycles. The molecule has 0 aliphatic carbocycles. The number of nitrogens with zero attached hydrogens (tertiary/aromatic N) is 4. The van der Waals surface area contributed by atoms with Gasteiger partial charge in [0.1, 0.15) is 11.4 Å². The van der Waals surface area contributed by atoms with Gasteiger partial charge in [-0.05, 0) is 14.0 Å². The first-order valence-corrected chi connectivity index (χ1v) is 6.46. The van der Waals surface area contributed by atoms with Gasteiger partial charge in [0, 0.05) is 32.7 Å². The van der Waals surface area contributed by atoms with Crippen LogP contribution < -0.4 is 5.73 Å². The summed E-state index contributed by atoms with van der Waals surface area (Å²) in [5, 5.41) is 13.3. The lowest BCUT2D eigenvalue weighted by molar-refractivity contribution is 0.0697. The minimum Gasteiger partial charge on any atom is -0.477 e. The molecule has 1 aromatic heterocycles. The zero-order valence-corrected chi connectivity index (χ0v) is 11.5. The number of nitrogens with two attached hydrogens (primary N) is 1. The zero-order chi connectivity index (χ0) is 14.0. The predicted octanol–water partition coefficient (Wildman–Crippen LogP) is -0.281. The molecule has 0 atom stereocenters. The van der Waals surface area contributed by atoms with Crippen molar-refractivity contribution in [2.45, 2.75) is 13.5 Å². The Morgan fingerprint density at radius 2 is 1.95 bits per heavy atom. The number of hydrogen-bond donors (Lipinski definition) is 2. The Kier molecular flexibility index (Phi) is 4.06. The number of nitrogen functional groups attached to an aromatic ring is 1. The van der Waals surface area contributed by atoms with Crippen molar-refractivity contribution in [3.63, 3.8) is 0 Å². The average Bonchev–Trinajstić information content (AvgIpc) is 2.63. The van der Waals surface area contributed by atoms with E-state index in [-0.39, 0.29) is 11.4 Å². The molecule has 7 heteroatoms. The molecular weight excluding hydrogens is 246 g/mol. The molecule has 1 aromatic rings. The van der Waals surface area contributed by atoms with Crippen LogP contribution in [0.4, 0.5) is 5.82 Å². The molecule has 3 N–H and O–H groups in total. The number of carbonyl (C=O) groups is 1. The van der Waals surface area contributed by atoms with Crippen LogP contribution in [0.1, 0.15) is 16.1 Å². The maximum absolute atomic E-state index is 11.0. The third-order valence-corrected chi connectivity index (χ3v) is 3.60. The SMILES string of the molecule is Cc1nn(CCN2CCN(C)CC2)c(N)c1C(=O)O. The van der Waals surface area contributed by atoms with Crippen LogP contribution in [-0.4, -0.2) is 70.4 Å². The molecule has 0 aromatic carbocycles. The fourth-order valence-corrected chi connectivity index (χ4v) is 2.34. The summed E-state index contributed by atoms with van der Waals surface area (Å²) in [6.45, 7) is 7.33. The molecule has 0 saturated carbocycles. The second kappa shape index (κ2) is 5.58. The number of carboxylic acid groups (broad SMARTS) is 1. The Hall–Kier alpha value is -1.60. The topological polar surface area (TPSA) is 87.6 Å². The van der Waals surface area contributed by atoms with Gasteiger partial charge in [-0.3, -0.25) is 4.90 Å². The van der Waals surface area contributed by atoms with Gasteiger partial charge in [0.25, 0.3) is 0 Å². The summed E-state index contributed by atoms with van der Waals surface area (Å²) >= 11 is 0. The number of aromatic nitrogens is 2. The van der Waals surface area contributed by atoms with E-state index in [1.807, 2.05) is 0 Å². The highest BCUT2D eigenvalue weighted by Gasteiger charge is 2.19. The number of carboxylic acids is 1. The first kappa shape index (κ1) is 13.8. The second-order valence-corrected chi connectivity index (χ2v) is 5.02. The fourth-order valence-electron chi connectivity index (χ4n) is 2.34. The molecule has 106 valence electrons. The van der Waals surface area contributed by atoms with Gasteiger partial charge in [0.15, 0.2) is 0 Å². The Balaban J connectivity index is 1.97. The Bertz CT molecular complexity index is 463. The van der Waals surface area contributed by atoms with Crippen molar-refractivity contribution in [3.05, 3.63) is 11.3 Å². The van der Waals surface area contributed by atoms with Crippen LogP contribution in [-0.2, 0) is 6.54 Å². The normalized spacial score (nSPS) is 17.8. The first-order chi connectivity index (χ1) is 8.99. The Morgan fingerprint density at radius 1 is 1.32 bits per heavy atom. The number of hydrogen-bond acceptors (Lipinski definition) is 5. The van der Waals surface area contributed by atoms with Gasteiger partial charge in [-0.25, -0.2) is 9.48 Å². The molecule has 1 aliphatic rings. The molecule has 1 aliphatic heterocycles. The van der Waals surface area contributed by atoms with E-state index < -0.39 is 5.97 Å². The number of aromatic carboxylic acids is 1. The van der Waals surface area contributed by atoms with Crippen LogP contribution >= 0.6 is 0 Å². The maximum Gasteiger partial charge on any atom is 0.341 e. The number of rotatable bonds is 4. The molecule has 1 saturated heterocycles. The van der Waals surface area contributed by atoms with E-state index in [4.69, 9.17) is 10.8 Å². The van der Waals surface area contributed by atoms with Gasteiger partial charge in [-0.1, -0.05) is 0 Å². The third-order valence-electron chi connectivity index (χ3n) is 3.60. The predicted molar refractivity (Wildman–Crippen MR) is 72.3 cm³/mol. The number of aryl methyl sites for hydroxylation is 1. The van der Waals surface area contributed by atoms with E-state index in [0.29, 0.717) is 12.2 Å². The molecule has 0 amide bonds. The highest BCUT2D eigenvalue weighted by atomic mass is 16.4. The quantitative estimate of drug-likeness (QED) is 0.780. The smallest absolute Gasteiger partial charge is 0.341 e. The summed E-state index contributed by atoms with van der Waals surface area (Å²) < 4.78 is 1.59. The van der Waals surface area contributed by atoms with Crippen LogP contribution in [0.25, 0.3) is 0 Å². The molecular formula is C12H21N5O2. The largest absolute Gasteiger partial charge is 0.477 e. The van der Waals surface area contributed by atoms with Crippen molar-refractivity contribution in [1.29, 1.82) is 0 Å². The van der Waals surface area contributed by atoms with E-state index in [1.165, 1.54) is 0 Å². The Labute approximate surface area is 112 Å². The summed E-state index contributed by atoms with van der Waals surface area (Å²) in [6.07, 6.45) is 0. The van der Waals surface area contributed by atoms with Crippen LogP contribution in [0.3, 0.4) is 0 Å². The van der Waals surface area contributed by atoms with Crippen molar-refractivity contribution >= 4 is 11.8 Å². The van der Waals surface area contributed by atoms with Crippen LogP contribution in [0.2, 0.25) is 0 Å². The van der Waals surface area contributed by atoms with Gasteiger partial charge in [-0.15, -0.1) is 0 Å². The first-order valence-electron chi connectivity index (χ1n) is 6.46. The van der Waals surface area contributed by atoms with E-state index in [1.54, 1.807) is 11.6 Å². The Morgan fingerprint density at radius 3 is 2.47 bits per heavy atom. The zero-order valence-electron chi connectivity index (χ0n) is 11.5. The van der Waals surface area contributed by atoms with Gasteiger partial charge >= 0.3 is 5.97 Å². The molecule has 0 radical (unpaired) electrons. The van der Waals surface area contributed by atoms with Crippen LogP contribution in [0.5, 0.6) is 0 Å². The summed E-state index contributed by atoms with van der Waals surface area (Å²) in [5.74, 6) is -0.764. The van der Waals surface area contributed by atoms with Gasteiger partial charge in [0.2, 0.25) is 0 Å². The average molecular weight is 267 g/mol. The fraction of sp³-hybridized carbons (Fsp3) is 0.667. The summed E-state index contributed by atoms with van der Waals surface area (Å²) in [6, 6.07) is 0. The molecule has 0 bridgehead atoms.